The zero-order valence-corrected chi connectivity index (χ0v) is 50.6. The number of carbonyl (C=O) groups is 1. The molecule has 2 aromatic heterocycles. The molecule has 0 saturated heterocycles. The molecule has 0 spiro atoms. The smallest absolute Gasteiger partial charge is 0.348 e. The van der Waals surface area contributed by atoms with E-state index in [0.717, 1.165) is 11.6 Å². The lowest BCUT2D eigenvalue weighted by Gasteiger charge is -2.36. The first-order chi connectivity index (χ1) is 33.4. The number of esters is 1. The summed E-state index contributed by atoms with van der Waals surface area (Å²) in [4.78, 5) is 24.2. The van der Waals surface area contributed by atoms with Crippen LogP contribution in [0.1, 0.15) is 63.8 Å². The lowest BCUT2D eigenvalue weighted by Crippen LogP contribution is -2.43. The molecule has 0 bridgehead atoms. The lowest BCUT2D eigenvalue weighted by atomic mass is 9.95. The van der Waals surface area contributed by atoms with Crippen LogP contribution in [-0.2, 0) is 39.7 Å². The van der Waals surface area contributed by atoms with E-state index < -0.39 is 56.9 Å². The summed E-state index contributed by atoms with van der Waals surface area (Å²) in [6.07, 6.45) is 0.740. The molecule has 0 N–H and O–H groups in total. The van der Waals surface area contributed by atoms with Crippen LogP contribution < -0.4 is 18.6 Å². The second-order valence-corrected chi connectivity index (χ2v) is 36.3. The summed E-state index contributed by atoms with van der Waals surface area (Å²) < 4.78 is 76.4. The van der Waals surface area contributed by atoms with E-state index in [-0.39, 0.29) is 58.0 Å². The van der Waals surface area contributed by atoms with Crippen LogP contribution in [0.3, 0.4) is 0 Å². The van der Waals surface area contributed by atoms with Crippen molar-refractivity contribution in [2.45, 2.75) is 135 Å². The SMILES string of the molecule is C=CCOCC(COS(=O)(=O)c1ccc(C)cc1)Oc1c(Cl)c(C)c(-c2c(Br)sc3ncnc(OC(Cc4cc(O[Si](C)(C)C(C)(C)C)ccc4OCOCC[Si](C)(C)C)C(=O)OC(C)(C)C)c23)c(C)c1Cl. The topological polar surface area (TPSA) is 151 Å². The Kier molecular flexibility index (Phi) is 20.1. The fourth-order valence-electron chi connectivity index (χ4n) is 6.90. The van der Waals surface area contributed by atoms with Crippen molar-refractivity contribution in [3.8, 4) is 34.3 Å². The molecule has 0 saturated carbocycles. The molecule has 0 amide bonds. The van der Waals surface area contributed by atoms with Gasteiger partial charge in [-0.25, -0.2) is 14.8 Å². The number of halogens is 3. The largest absolute Gasteiger partial charge is 0.543 e. The Labute approximate surface area is 450 Å². The maximum atomic E-state index is 14.4. The van der Waals surface area contributed by atoms with Gasteiger partial charge >= 0.3 is 5.97 Å². The van der Waals surface area contributed by atoms with Gasteiger partial charge in [0.05, 0.1) is 37.3 Å². The fourth-order valence-corrected chi connectivity index (χ4v) is 11.9. The number of rotatable bonds is 24. The van der Waals surface area contributed by atoms with Crippen LogP contribution >= 0.6 is 50.5 Å². The van der Waals surface area contributed by atoms with Crippen molar-refractivity contribution in [1.29, 1.82) is 0 Å². The van der Waals surface area contributed by atoms with Crippen molar-refractivity contribution in [2.24, 2.45) is 0 Å². The predicted molar refractivity (Wildman–Crippen MR) is 298 cm³/mol. The molecular formula is C52H69BrCl2N2O11S2Si2. The number of fused-ring (bicyclic) bond motifs is 1. The molecule has 72 heavy (non-hydrogen) atoms. The molecule has 0 aliphatic heterocycles. The Hall–Kier alpha value is -3.57. The number of benzene rings is 3. The van der Waals surface area contributed by atoms with Gasteiger partial charge in [0.15, 0.2) is 12.5 Å². The normalized spacial score (nSPS) is 13.5. The van der Waals surface area contributed by atoms with Gasteiger partial charge in [-0.3, -0.25) is 4.18 Å². The van der Waals surface area contributed by atoms with Crippen molar-refractivity contribution >= 4 is 93.2 Å². The van der Waals surface area contributed by atoms with Crippen LogP contribution in [0.4, 0.5) is 0 Å². The summed E-state index contributed by atoms with van der Waals surface area (Å²) in [7, 11) is -7.79. The van der Waals surface area contributed by atoms with Gasteiger partial charge < -0.3 is 32.8 Å². The quantitative estimate of drug-likeness (QED) is 0.0144. The molecular weight excluding hydrogens is 1100 g/mol. The number of thiophene rings is 1. The standard InChI is InChI=1S/C52H69BrCl2N2O11S2Si2/c1-16-23-61-28-37(29-64-70(59,60)38-20-17-32(2)18-21-38)65-46-44(54)33(3)41(34(4)45(46)55)42-43-48(56-30-57-49(43)69-47(42)53)66-40(50(58)67-51(5,6)7)27-35-26-36(68-72(14,15)52(8,9)10)19-22-39(35)63-31-62-24-25-71(11,12)13/h16-22,26,30,37,40H,1,23-25,27-29,31H2,2-15H3. The molecule has 5 aromatic rings. The van der Waals surface area contributed by atoms with Gasteiger partial charge in [-0.15, -0.1) is 17.9 Å². The summed E-state index contributed by atoms with van der Waals surface area (Å²) in [5.74, 6) is 0.730. The molecule has 0 aliphatic carbocycles. The van der Waals surface area contributed by atoms with E-state index in [0.29, 0.717) is 59.9 Å². The minimum atomic E-state index is -4.16. The van der Waals surface area contributed by atoms with E-state index in [2.05, 4.69) is 86.0 Å². The molecule has 20 heteroatoms. The van der Waals surface area contributed by atoms with Crippen molar-refractivity contribution in [3.63, 3.8) is 0 Å². The van der Waals surface area contributed by atoms with Gasteiger partial charge in [0.25, 0.3) is 10.1 Å². The highest BCUT2D eigenvalue weighted by atomic mass is 79.9. The van der Waals surface area contributed by atoms with Crippen LogP contribution in [0.2, 0.25) is 53.9 Å². The van der Waals surface area contributed by atoms with Crippen LogP contribution in [0.5, 0.6) is 23.1 Å². The van der Waals surface area contributed by atoms with Crippen molar-refractivity contribution in [3.05, 3.63) is 97.5 Å². The molecule has 5 rings (SSSR count). The summed E-state index contributed by atoms with van der Waals surface area (Å²) >= 11 is 19.5. The van der Waals surface area contributed by atoms with E-state index in [9.17, 15) is 13.2 Å². The van der Waals surface area contributed by atoms with Gasteiger partial charge in [0.2, 0.25) is 20.3 Å². The lowest BCUT2D eigenvalue weighted by molar-refractivity contribution is -0.163. The Morgan fingerprint density at radius 1 is 0.889 bits per heavy atom. The number of ether oxygens (including phenoxy) is 6. The summed E-state index contributed by atoms with van der Waals surface area (Å²) in [6, 6.07) is 12.9. The highest BCUT2D eigenvalue weighted by molar-refractivity contribution is 9.11. The number of aromatic nitrogens is 2. The van der Waals surface area contributed by atoms with Gasteiger partial charge in [-0.05, 0) is 129 Å². The van der Waals surface area contributed by atoms with E-state index in [1.807, 2.05) is 39.0 Å². The first-order valence-electron chi connectivity index (χ1n) is 23.6. The molecule has 13 nitrogen and oxygen atoms in total. The molecule has 2 unspecified atom stereocenters. The summed E-state index contributed by atoms with van der Waals surface area (Å²) in [6.45, 7) is 32.6. The van der Waals surface area contributed by atoms with E-state index in [4.69, 9.17) is 60.2 Å². The van der Waals surface area contributed by atoms with Gasteiger partial charge in [0.1, 0.15) is 41.0 Å². The third-order valence-corrected chi connectivity index (χ3v) is 21.9. The molecule has 2 heterocycles. The fraction of sp³-hybridized carbons (Fsp3) is 0.481. The molecule has 0 aliphatic rings. The molecule has 2 atom stereocenters. The molecule has 0 radical (unpaired) electrons. The predicted octanol–water partition coefficient (Wildman–Crippen LogP) is 14.1. The third-order valence-electron chi connectivity index (χ3n) is 11.8. The maximum absolute atomic E-state index is 14.4. The zero-order chi connectivity index (χ0) is 53.6. The van der Waals surface area contributed by atoms with Crippen LogP contribution in [0.15, 0.2) is 70.1 Å². The Bertz CT molecular complexity index is 2800. The van der Waals surface area contributed by atoms with E-state index in [1.165, 1.54) is 29.8 Å². The first-order valence-corrected chi connectivity index (χ1v) is 34.0. The monoisotopic (exact) mass is 1170 g/mol. The van der Waals surface area contributed by atoms with E-state index in [1.54, 1.807) is 39.0 Å². The first kappa shape index (κ1) is 59.3. The molecule has 3 aromatic carbocycles. The minimum Gasteiger partial charge on any atom is -0.543 e. The second-order valence-electron chi connectivity index (χ2n) is 21.3. The minimum absolute atomic E-state index is 0.00225. The number of carbonyl (C=O) groups excluding carboxylic acids is 1. The maximum Gasteiger partial charge on any atom is 0.348 e. The van der Waals surface area contributed by atoms with Crippen LogP contribution in [0.25, 0.3) is 21.3 Å². The van der Waals surface area contributed by atoms with E-state index >= 15 is 0 Å². The third kappa shape index (κ3) is 15.7. The van der Waals surface area contributed by atoms with Gasteiger partial charge in [-0.2, -0.15) is 8.42 Å². The zero-order valence-electron chi connectivity index (χ0n) is 43.8. The van der Waals surface area contributed by atoms with Gasteiger partial charge in [-0.1, -0.05) is 87.4 Å². The van der Waals surface area contributed by atoms with Crippen LogP contribution in [0, 0.1) is 20.8 Å². The average Bonchev–Trinajstić information content (AvgIpc) is 3.61. The van der Waals surface area contributed by atoms with Crippen molar-refractivity contribution in [1.82, 2.24) is 9.97 Å². The summed E-state index contributed by atoms with van der Waals surface area (Å²) in [5, 5.41) is 0.723. The number of nitrogens with zero attached hydrogens (tertiary/aromatic N) is 2. The van der Waals surface area contributed by atoms with Gasteiger partial charge in [0, 0.05) is 32.2 Å². The average molecular weight is 1170 g/mol. The highest BCUT2D eigenvalue weighted by Gasteiger charge is 2.39. The van der Waals surface area contributed by atoms with Crippen LogP contribution in [-0.4, -0.2) is 91.8 Å². The van der Waals surface area contributed by atoms with Crippen molar-refractivity contribution < 1.29 is 50.2 Å². The Balaban J connectivity index is 1.57. The second kappa shape index (κ2) is 24.4. The number of hydrogen-bond donors (Lipinski definition) is 0. The number of hydrogen-bond acceptors (Lipinski definition) is 14. The van der Waals surface area contributed by atoms with Crippen molar-refractivity contribution in [2.75, 3.05) is 33.2 Å². The Morgan fingerprint density at radius 3 is 2.14 bits per heavy atom. The molecule has 0 fully saturated rings. The molecule has 394 valence electrons. The summed E-state index contributed by atoms with van der Waals surface area (Å²) in [5.41, 5.74) is 3.05. The Morgan fingerprint density at radius 2 is 1.54 bits per heavy atom. The number of aryl methyl sites for hydroxylation is 1. The highest BCUT2D eigenvalue weighted by Crippen LogP contribution is 2.52.